The first-order valence-corrected chi connectivity index (χ1v) is 16.1. The topological polar surface area (TPSA) is 73.4 Å². The zero-order valence-electron chi connectivity index (χ0n) is 26.7. The van der Waals surface area contributed by atoms with Crippen LogP contribution in [0.5, 0.6) is 0 Å². The molecular formula is C37H49F2N3O2. The van der Waals surface area contributed by atoms with E-state index in [0.29, 0.717) is 18.7 Å². The molecule has 1 aliphatic carbocycles. The molecule has 0 bridgehead atoms. The van der Waals surface area contributed by atoms with Crippen molar-refractivity contribution in [3.05, 3.63) is 101 Å². The van der Waals surface area contributed by atoms with E-state index < -0.39 is 23.8 Å². The molecule has 238 valence electrons. The van der Waals surface area contributed by atoms with Crippen molar-refractivity contribution in [2.45, 2.75) is 102 Å². The van der Waals surface area contributed by atoms with E-state index in [9.17, 15) is 18.7 Å². The summed E-state index contributed by atoms with van der Waals surface area (Å²) in [6, 6.07) is 19.3. The molecule has 7 heteroatoms. The summed E-state index contributed by atoms with van der Waals surface area (Å²) in [5.41, 5.74) is 4.30. The molecule has 5 nitrogen and oxygen atoms in total. The Kier molecular flexibility index (Phi) is 11.6. The first-order valence-electron chi connectivity index (χ1n) is 16.1. The number of hydrogen-bond donors (Lipinski definition) is 4. The number of amides is 1. The largest absolute Gasteiger partial charge is 0.390 e. The quantitative estimate of drug-likeness (QED) is 0.167. The number of nitrogens with one attached hydrogen (secondary N) is 3. The number of carbonyl (C=O) groups is 1. The van der Waals surface area contributed by atoms with E-state index in [4.69, 9.17) is 0 Å². The molecule has 4 N–H and O–H groups in total. The first kappa shape index (κ1) is 33.6. The molecule has 4 rings (SSSR count). The average Bonchev–Trinajstić information content (AvgIpc) is 2.98. The van der Waals surface area contributed by atoms with Gasteiger partial charge in [-0.25, -0.2) is 8.78 Å². The summed E-state index contributed by atoms with van der Waals surface area (Å²) in [4.78, 5) is 12.3. The van der Waals surface area contributed by atoms with Crippen LogP contribution in [0.15, 0.2) is 66.7 Å². The van der Waals surface area contributed by atoms with Crippen molar-refractivity contribution in [2.24, 2.45) is 0 Å². The fraction of sp³-hybridized carbons (Fsp3) is 0.486. The Balaban J connectivity index is 1.57. The van der Waals surface area contributed by atoms with Crippen LogP contribution in [0.25, 0.3) is 0 Å². The predicted molar refractivity (Wildman–Crippen MR) is 175 cm³/mol. The standard InChI is InChI=1S/C37H49F2N3O2/c1-5-17-40-35(44)22-26-11-9-14-32(20-26)42-33(21-27-18-30(38)24-31(39)19-27)34(43)25-41-37(15-7-6-8-16-37)29-13-10-12-28(23-29)36(2,3)4/h9-14,18-20,23-24,33-34,41-43H,5-8,15-17,21-22,25H2,1-4H3,(H,40,44)/t33-,34+/m0/s1. The van der Waals surface area contributed by atoms with Gasteiger partial charge in [0, 0.05) is 30.4 Å². The second-order valence-electron chi connectivity index (χ2n) is 13.4. The maximum Gasteiger partial charge on any atom is 0.224 e. The molecular weight excluding hydrogens is 556 g/mol. The van der Waals surface area contributed by atoms with Crippen LogP contribution in [-0.4, -0.2) is 36.2 Å². The van der Waals surface area contributed by atoms with Crippen molar-refractivity contribution in [3.63, 3.8) is 0 Å². The normalized spacial score (nSPS) is 16.2. The second-order valence-corrected chi connectivity index (χ2v) is 13.4. The maximum atomic E-state index is 14.1. The van der Waals surface area contributed by atoms with E-state index in [1.54, 1.807) is 0 Å². The number of hydrogen-bond acceptors (Lipinski definition) is 4. The fourth-order valence-corrected chi connectivity index (χ4v) is 6.21. The molecule has 0 spiro atoms. The zero-order chi connectivity index (χ0) is 31.7. The van der Waals surface area contributed by atoms with E-state index >= 15 is 0 Å². The van der Waals surface area contributed by atoms with Crippen LogP contribution < -0.4 is 16.0 Å². The highest BCUT2D eigenvalue weighted by Gasteiger charge is 2.35. The smallest absolute Gasteiger partial charge is 0.224 e. The van der Waals surface area contributed by atoms with Gasteiger partial charge in [0.2, 0.25) is 5.91 Å². The third-order valence-electron chi connectivity index (χ3n) is 8.70. The number of carbonyl (C=O) groups excluding carboxylic acids is 1. The van der Waals surface area contributed by atoms with Crippen molar-refractivity contribution in [3.8, 4) is 0 Å². The molecule has 3 aromatic carbocycles. The first-order chi connectivity index (χ1) is 21.0. The third kappa shape index (κ3) is 9.35. The fourth-order valence-electron chi connectivity index (χ4n) is 6.21. The van der Waals surface area contributed by atoms with Gasteiger partial charge < -0.3 is 21.1 Å². The van der Waals surface area contributed by atoms with Gasteiger partial charge in [0.25, 0.3) is 0 Å². The Hall–Kier alpha value is -3.29. The van der Waals surface area contributed by atoms with Crippen LogP contribution >= 0.6 is 0 Å². The van der Waals surface area contributed by atoms with Crippen LogP contribution in [-0.2, 0) is 28.6 Å². The zero-order valence-corrected chi connectivity index (χ0v) is 26.7. The monoisotopic (exact) mass is 605 g/mol. The Bertz CT molecular complexity index is 1360. The number of benzene rings is 3. The van der Waals surface area contributed by atoms with Gasteiger partial charge in [-0.15, -0.1) is 0 Å². The molecule has 0 radical (unpaired) electrons. The highest BCUT2D eigenvalue weighted by molar-refractivity contribution is 5.78. The van der Waals surface area contributed by atoms with Crippen LogP contribution in [0, 0.1) is 11.6 Å². The molecule has 2 atom stereocenters. The minimum atomic E-state index is -0.873. The van der Waals surface area contributed by atoms with Gasteiger partial charge in [-0.05, 0) is 77.6 Å². The lowest BCUT2D eigenvalue weighted by Crippen LogP contribution is -2.50. The molecule has 1 fully saturated rings. The van der Waals surface area contributed by atoms with E-state index in [0.717, 1.165) is 49.4 Å². The lowest BCUT2D eigenvalue weighted by atomic mass is 9.74. The van der Waals surface area contributed by atoms with Gasteiger partial charge in [-0.2, -0.15) is 0 Å². The number of halogens is 2. The minimum Gasteiger partial charge on any atom is -0.390 e. The van der Waals surface area contributed by atoms with Crippen molar-refractivity contribution >= 4 is 11.6 Å². The van der Waals surface area contributed by atoms with Gasteiger partial charge in [0.15, 0.2) is 0 Å². The highest BCUT2D eigenvalue weighted by Crippen LogP contribution is 2.38. The van der Waals surface area contributed by atoms with E-state index in [1.807, 2.05) is 31.2 Å². The van der Waals surface area contributed by atoms with E-state index in [2.05, 4.69) is 61.0 Å². The Morgan fingerprint density at radius 3 is 2.32 bits per heavy atom. The van der Waals surface area contributed by atoms with Crippen molar-refractivity contribution in [2.75, 3.05) is 18.4 Å². The van der Waals surface area contributed by atoms with Crippen LogP contribution in [0.2, 0.25) is 0 Å². The molecule has 0 unspecified atom stereocenters. The van der Waals surface area contributed by atoms with Gasteiger partial charge >= 0.3 is 0 Å². The number of rotatable bonds is 13. The summed E-state index contributed by atoms with van der Waals surface area (Å²) in [6.45, 7) is 9.59. The Morgan fingerprint density at radius 2 is 1.64 bits per heavy atom. The number of aliphatic hydroxyl groups excluding tert-OH is 1. The SMILES string of the molecule is CCCNC(=O)Cc1cccc(N[C@@H](Cc2cc(F)cc(F)c2)[C@H](O)CNC2(c3cccc(C(C)(C)C)c3)CCCCC2)c1. The summed E-state index contributed by atoms with van der Waals surface area (Å²) in [6.07, 6.45) is 5.80. The van der Waals surface area contributed by atoms with E-state index in [1.165, 1.54) is 29.7 Å². The second kappa shape index (κ2) is 15.1. The molecule has 0 aromatic heterocycles. The summed E-state index contributed by atoms with van der Waals surface area (Å²) in [5, 5.41) is 21.8. The lowest BCUT2D eigenvalue weighted by Gasteiger charge is -2.41. The highest BCUT2D eigenvalue weighted by atomic mass is 19.1. The van der Waals surface area contributed by atoms with Crippen molar-refractivity contribution in [1.82, 2.24) is 10.6 Å². The lowest BCUT2D eigenvalue weighted by molar-refractivity contribution is -0.120. The summed E-state index contributed by atoms with van der Waals surface area (Å²) < 4.78 is 28.3. The predicted octanol–water partition coefficient (Wildman–Crippen LogP) is 7.16. The summed E-state index contributed by atoms with van der Waals surface area (Å²) in [5.74, 6) is -1.34. The molecule has 1 saturated carbocycles. The molecule has 3 aromatic rings. The number of aliphatic hydroxyl groups is 1. The molecule has 1 amide bonds. The van der Waals surface area contributed by atoms with Crippen LogP contribution in [0.3, 0.4) is 0 Å². The minimum absolute atomic E-state index is 0.0197. The van der Waals surface area contributed by atoms with Gasteiger partial charge in [-0.3, -0.25) is 4.79 Å². The summed E-state index contributed by atoms with van der Waals surface area (Å²) in [7, 11) is 0. The van der Waals surface area contributed by atoms with E-state index in [-0.39, 0.29) is 29.7 Å². The summed E-state index contributed by atoms with van der Waals surface area (Å²) >= 11 is 0. The van der Waals surface area contributed by atoms with Gasteiger partial charge in [0.05, 0.1) is 18.6 Å². The number of anilines is 1. The maximum absolute atomic E-state index is 14.1. The Labute approximate surface area is 261 Å². The van der Waals surface area contributed by atoms with Crippen LogP contribution in [0.1, 0.15) is 88.5 Å². The third-order valence-corrected chi connectivity index (χ3v) is 8.70. The van der Waals surface area contributed by atoms with Gasteiger partial charge in [-0.1, -0.05) is 83.4 Å². The van der Waals surface area contributed by atoms with Gasteiger partial charge in [0.1, 0.15) is 11.6 Å². The van der Waals surface area contributed by atoms with Crippen molar-refractivity contribution < 1.29 is 18.7 Å². The average molecular weight is 606 g/mol. The molecule has 44 heavy (non-hydrogen) atoms. The Morgan fingerprint density at radius 1 is 0.932 bits per heavy atom. The molecule has 1 aliphatic rings. The van der Waals surface area contributed by atoms with Crippen LogP contribution in [0.4, 0.5) is 14.5 Å². The molecule has 0 aliphatic heterocycles. The molecule has 0 heterocycles. The molecule has 0 saturated heterocycles. The van der Waals surface area contributed by atoms with Crippen molar-refractivity contribution in [1.29, 1.82) is 0 Å².